The molecule has 0 radical (unpaired) electrons. The standard InChI is InChI=1S/C18H20ClFN2O3/c1-10-13(9-21)16(12-5-4-11(20)8-14(12)19)18(2,17(23)24)15(22-10)6-7-25-3/h4-5,8,13,15-16H,6-7H2,1-3H3,(H,23,24). The smallest absolute Gasteiger partial charge is 0.312 e. The van der Waals surface area contributed by atoms with Crippen LogP contribution < -0.4 is 0 Å². The van der Waals surface area contributed by atoms with E-state index in [0.29, 0.717) is 24.3 Å². The predicted octanol–water partition coefficient (Wildman–Crippen LogP) is 3.67. The van der Waals surface area contributed by atoms with E-state index in [4.69, 9.17) is 16.3 Å². The molecule has 134 valence electrons. The summed E-state index contributed by atoms with van der Waals surface area (Å²) in [6, 6.07) is 5.39. The van der Waals surface area contributed by atoms with Crippen LogP contribution in [0.25, 0.3) is 0 Å². The lowest BCUT2D eigenvalue weighted by molar-refractivity contribution is -0.151. The van der Waals surface area contributed by atoms with Crippen molar-refractivity contribution in [2.45, 2.75) is 32.2 Å². The number of halogens is 2. The molecule has 4 atom stereocenters. The number of rotatable bonds is 5. The highest BCUT2D eigenvalue weighted by Gasteiger charge is 2.55. The molecule has 7 heteroatoms. The van der Waals surface area contributed by atoms with Gasteiger partial charge in [-0.1, -0.05) is 17.7 Å². The van der Waals surface area contributed by atoms with Crippen molar-refractivity contribution in [3.8, 4) is 6.07 Å². The maximum atomic E-state index is 13.5. The number of methoxy groups -OCH3 is 1. The molecule has 1 heterocycles. The highest BCUT2D eigenvalue weighted by atomic mass is 35.5. The summed E-state index contributed by atoms with van der Waals surface area (Å²) in [7, 11) is 1.53. The molecule has 0 spiro atoms. The van der Waals surface area contributed by atoms with E-state index in [9.17, 15) is 19.6 Å². The van der Waals surface area contributed by atoms with Crippen molar-refractivity contribution in [2.24, 2.45) is 16.3 Å². The number of hydrogen-bond donors (Lipinski definition) is 1. The van der Waals surface area contributed by atoms with Gasteiger partial charge in [0.25, 0.3) is 0 Å². The van der Waals surface area contributed by atoms with E-state index in [1.165, 1.54) is 19.2 Å². The second-order valence-electron chi connectivity index (χ2n) is 6.41. The van der Waals surface area contributed by atoms with E-state index < -0.39 is 35.1 Å². The number of nitriles is 1. The van der Waals surface area contributed by atoms with Gasteiger partial charge in [-0.2, -0.15) is 5.26 Å². The molecule has 1 aliphatic heterocycles. The van der Waals surface area contributed by atoms with Crippen molar-refractivity contribution in [1.82, 2.24) is 0 Å². The summed E-state index contributed by atoms with van der Waals surface area (Å²) in [5.74, 6) is -3.10. The molecular weight excluding hydrogens is 347 g/mol. The summed E-state index contributed by atoms with van der Waals surface area (Å²) >= 11 is 6.21. The second kappa shape index (κ2) is 7.51. The SMILES string of the molecule is COCCC1N=C(C)C(C#N)C(c2ccc(F)cc2Cl)C1(C)C(=O)O. The molecule has 25 heavy (non-hydrogen) atoms. The fourth-order valence-electron chi connectivity index (χ4n) is 3.55. The van der Waals surface area contributed by atoms with E-state index in [0.717, 1.165) is 6.07 Å². The third-order valence-electron chi connectivity index (χ3n) is 4.97. The summed E-state index contributed by atoms with van der Waals surface area (Å²) in [6.07, 6.45) is 0.393. The van der Waals surface area contributed by atoms with Crippen LogP contribution in [-0.4, -0.2) is 36.5 Å². The number of ether oxygens (including phenoxy) is 1. The summed E-state index contributed by atoms with van der Waals surface area (Å²) in [5.41, 5.74) is -0.385. The van der Waals surface area contributed by atoms with E-state index >= 15 is 0 Å². The van der Waals surface area contributed by atoms with Gasteiger partial charge >= 0.3 is 5.97 Å². The van der Waals surface area contributed by atoms with E-state index in [2.05, 4.69) is 11.1 Å². The quantitative estimate of drug-likeness (QED) is 0.861. The van der Waals surface area contributed by atoms with Crippen LogP contribution in [0.1, 0.15) is 31.7 Å². The molecule has 0 saturated heterocycles. The minimum atomic E-state index is -1.38. The maximum Gasteiger partial charge on any atom is 0.312 e. The zero-order valence-corrected chi connectivity index (χ0v) is 15.0. The zero-order valence-electron chi connectivity index (χ0n) is 14.3. The Morgan fingerprint density at radius 1 is 1.56 bits per heavy atom. The molecule has 0 aromatic heterocycles. The van der Waals surface area contributed by atoms with E-state index in [-0.39, 0.29) is 5.02 Å². The molecular formula is C18H20ClFN2O3. The largest absolute Gasteiger partial charge is 0.481 e. The number of aliphatic carboxylic acids is 1. The van der Waals surface area contributed by atoms with Gasteiger partial charge < -0.3 is 9.84 Å². The third kappa shape index (κ3) is 3.39. The van der Waals surface area contributed by atoms with Gasteiger partial charge in [0, 0.05) is 30.4 Å². The van der Waals surface area contributed by atoms with Crippen LogP contribution in [0.15, 0.2) is 23.2 Å². The summed E-state index contributed by atoms with van der Waals surface area (Å²) in [6.45, 7) is 3.62. The first kappa shape index (κ1) is 19.4. The molecule has 4 unspecified atom stereocenters. The molecule has 0 aliphatic carbocycles. The first-order valence-corrected chi connectivity index (χ1v) is 8.26. The van der Waals surface area contributed by atoms with Crippen LogP contribution in [-0.2, 0) is 9.53 Å². The Kier molecular flexibility index (Phi) is 5.81. The van der Waals surface area contributed by atoms with Gasteiger partial charge in [-0.05, 0) is 38.0 Å². The predicted molar refractivity (Wildman–Crippen MR) is 92.4 cm³/mol. The summed E-state index contributed by atoms with van der Waals surface area (Å²) in [5, 5.41) is 19.8. The number of carboxylic acid groups (broad SMARTS) is 1. The van der Waals surface area contributed by atoms with Crippen LogP contribution >= 0.6 is 11.6 Å². The monoisotopic (exact) mass is 366 g/mol. The highest BCUT2D eigenvalue weighted by Crippen LogP contribution is 2.51. The lowest BCUT2D eigenvalue weighted by Gasteiger charge is -2.44. The van der Waals surface area contributed by atoms with Crippen LogP contribution in [0.2, 0.25) is 5.02 Å². The van der Waals surface area contributed by atoms with Crippen LogP contribution in [0.3, 0.4) is 0 Å². The number of hydrogen-bond acceptors (Lipinski definition) is 4. The lowest BCUT2D eigenvalue weighted by Crippen LogP contribution is -2.51. The molecule has 0 amide bonds. The number of carbonyl (C=O) groups is 1. The Labute approximate surface area is 151 Å². The Morgan fingerprint density at radius 3 is 2.76 bits per heavy atom. The number of carboxylic acids is 1. The lowest BCUT2D eigenvalue weighted by atomic mass is 9.60. The molecule has 1 aliphatic rings. The van der Waals surface area contributed by atoms with Gasteiger partial charge in [0.05, 0.1) is 23.4 Å². The van der Waals surface area contributed by atoms with Gasteiger partial charge in [-0.15, -0.1) is 0 Å². The van der Waals surface area contributed by atoms with Gasteiger partial charge in [0.1, 0.15) is 5.82 Å². The van der Waals surface area contributed by atoms with Crippen molar-refractivity contribution in [3.63, 3.8) is 0 Å². The zero-order chi connectivity index (χ0) is 18.8. The Hall–Kier alpha value is -1.97. The highest BCUT2D eigenvalue weighted by molar-refractivity contribution is 6.31. The Balaban J connectivity index is 2.68. The fourth-order valence-corrected chi connectivity index (χ4v) is 3.83. The third-order valence-corrected chi connectivity index (χ3v) is 5.30. The van der Waals surface area contributed by atoms with Crippen LogP contribution in [0, 0.1) is 28.5 Å². The van der Waals surface area contributed by atoms with E-state index in [1.54, 1.807) is 13.8 Å². The fraction of sp³-hybridized carbons (Fsp3) is 0.500. The van der Waals surface area contributed by atoms with Crippen molar-refractivity contribution >= 4 is 23.3 Å². The topological polar surface area (TPSA) is 82.7 Å². The Morgan fingerprint density at radius 2 is 2.24 bits per heavy atom. The van der Waals surface area contributed by atoms with E-state index in [1.807, 2.05) is 0 Å². The summed E-state index contributed by atoms with van der Waals surface area (Å²) in [4.78, 5) is 16.7. The van der Waals surface area contributed by atoms with Crippen molar-refractivity contribution in [2.75, 3.05) is 13.7 Å². The Bertz CT molecular complexity index is 746. The molecule has 1 aromatic carbocycles. The maximum absolute atomic E-state index is 13.5. The van der Waals surface area contributed by atoms with Crippen molar-refractivity contribution < 1.29 is 19.0 Å². The average molecular weight is 367 g/mol. The van der Waals surface area contributed by atoms with Gasteiger partial charge in [0.2, 0.25) is 0 Å². The van der Waals surface area contributed by atoms with Crippen molar-refractivity contribution in [3.05, 3.63) is 34.6 Å². The summed E-state index contributed by atoms with van der Waals surface area (Å²) < 4.78 is 18.5. The number of aliphatic imine (C=N–C) groups is 1. The number of nitrogens with zero attached hydrogens (tertiary/aromatic N) is 2. The molecule has 1 N–H and O–H groups in total. The molecule has 1 aromatic rings. The first-order chi connectivity index (χ1) is 11.8. The molecule has 5 nitrogen and oxygen atoms in total. The first-order valence-electron chi connectivity index (χ1n) is 7.88. The van der Waals surface area contributed by atoms with Gasteiger partial charge in [-0.3, -0.25) is 9.79 Å². The minimum absolute atomic E-state index is 0.109. The molecule has 0 fully saturated rings. The molecule has 0 bridgehead atoms. The molecule has 0 saturated carbocycles. The van der Waals surface area contributed by atoms with Crippen molar-refractivity contribution in [1.29, 1.82) is 5.26 Å². The van der Waals surface area contributed by atoms with Crippen LogP contribution in [0.4, 0.5) is 4.39 Å². The van der Waals surface area contributed by atoms with Gasteiger partial charge in [-0.25, -0.2) is 4.39 Å². The van der Waals surface area contributed by atoms with Crippen LogP contribution in [0.5, 0.6) is 0 Å². The average Bonchev–Trinajstić information content (AvgIpc) is 2.55. The number of benzene rings is 1. The molecule has 2 rings (SSSR count). The normalized spacial score (nSPS) is 29.0. The second-order valence-corrected chi connectivity index (χ2v) is 6.81. The van der Waals surface area contributed by atoms with Gasteiger partial charge in [0.15, 0.2) is 0 Å². The minimum Gasteiger partial charge on any atom is -0.481 e.